The van der Waals surface area contributed by atoms with Gasteiger partial charge in [0.2, 0.25) is 11.8 Å². The first-order valence-electron chi connectivity index (χ1n) is 10.8. The zero-order valence-corrected chi connectivity index (χ0v) is 18.0. The maximum Gasteiger partial charge on any atom is 0.231 e. The number of nitrogens with zero attached hydrogens (tertiary/aromatic N) is 1. The van der Waals surface area contributed by atoms with Crippen molar-refractivity contribution in [3.63, 3.8) is 0 Å². The number of likely N-dealkylation sites (tertiary alicyclic amines) is 1. The lowest BCUT2D eigenvalue weighted by Crippen LogP contribution is -2.41. The molecule has 1 aromatic heterocycles. The number of hydrogen-bond donors (Lipinski definition) is 2. The van der Waals surface area contributed by atoms with E-state index in [4.69, 9.17) is 16.3 Å². The molecule has 0 unspecified atom stereocenters. The highest BCUT2D eigenvalue weighted by Crippen LogP contribution is 2.52. The summed E-state index contributed by atoms with van der Waals surface area (Å²) in [6.07, 6.45) is 6.26. The Morgan fingerprint density at radius 1 is 1.22 bits per heavy atom. The van der Waals surface area contributed by atoms with Crippen LogP contribution in [0.5, 0.6) is 0 Å². The van der Waals surface area contributed by atoms with Crippen LogP contribution < -0.4 is 5.32 Å². The van der Waals surface area contributed by atoms with E-state index in [1.807, 2.05) is 53.6 Å². The Labute approximate surface area is 190 Å². The molecule has 2 aromatic carbocycles. The predicted octanol–water partition coefficient (Wildman–Crippen LogP) is 3.78. The lowest BCUT2D eigenvalue weighted by molar-refractivity contribution is -0.135. The number of carbonyl (C=O) groups excluding carboxylic acids is 2. The number of ether oxygens (including phenoxy) is 1. The van der Waals surface area contributed by atoms with Crippen molar-refractivity contribution in [2.75, 3.05) is 18.4 Å². The van der Waals surface area contributed by atoms with Crippen molar-refractivity contribution >= 4 is 40.0 Å². The number of carbonyl (C=O) groups is 2. The Kier molecular flexibility index (Phi) is 4.42. The number of rotatable bonds is 5. The fourth-order valence-corrected chi connectivity index (χ4v) is 5.62. The summed E-state index contributed by atoms with van der Waals surface area (Å²) < 4.78 is 6.22. The number of aromatic amines is 1. The predicted molar refractivity (Wildman–Crippen MR) is 122 cm³/mol. The Bertz CT molecular complexity index is 1270. The van der Waals surface area contributed by atoms with Crippen molar-refractivity contribution in [3.05, 3.63) is 77.5 Å². The molecule has 3 aromatic rings. The van der Waals surface area contributed by atoms with Crippen LogP contribution in [-0.4, -0.2) is 46.5 Å². The number of H-pyrrole nitrogens is 1. The molecule has 7 heteroatoms. The van der Waals surface area contributed by atoms with Crippen LogP contribution in [0.15, 0.2) is 66.9 Å². The normalized spacial score (nSPS) is 28.0. The number of anilines is 1. The minimum Gasteiger partial charge on any atom is -0.361 e. The molecule has 4 heterocycles. The smallest absolute Gasteiger partial charge is 0.231 e. The second-order valence-corrected chi connectivity index (χ2v) is 9.15. The number of nitrogens with one attached hydrogen (secondary N) is 2. The van der Waals surface area contributed by atoms with Crippen LogP contribution in [0.25, 0.3) is 10.9 Å². The standard InChI is InChI=1S/C25H22ClN3O3/c26-17-6-2-4-8-19(17)28-23(30)21-20-9-11-25(32-20)14-29(24(31)22(21)25)12-10-15-13-27-18-7-3-1-5-16(15)18/h1-9,11,13,20-22,27H,10,12,14H2,(H,28,30)/t20-,21-,22+,25+/m0/s1. The van der Waals surface area contributed by atoms with Crippen LogP contribution >= 0.6 is 11.6 Å². The van der Waals surface area contributed by atoms with Crippen LogP contribution in [0.3, 0.4) is 0 Å². The van der Waals surface area contributed by atoms with Crippen molar-refractivity contribution in [2.24, 2.45) is 11.8 Å². The fourth-order valence-electron chi connectivity index (χ4n) is 5.44. The largest absolute Gasteiger partial charge is 0.361 e. The van der Waals surface area contributed by atoms with Crippen molar-refractivity contribution in [3.8, 4) is 0 Å². The molecule has 3 aliphatic rings. The SMILES string of the molecule is O=C(Nc1ccccc1Cl)[C@H]1[C@@H]2C=C[C@]3(CN(CCc4c[nH]c5ccccc45)C(=O)[C@@H]13)O2. The lowest BCUT2D eigenvalue weighted by Gasteiger charge is -2.23. The second-order valence-electron chi connectivity index (χ2n) is 8.74. The highest BCUT2D eigenvalue weighted by molar-refractivity contribution is 6.33. The van der Waals surface area contributed by atoms with Gasteiger partial charge in [0.05, 0.1) is 35.2 Å². The van der Waals surface area contributed by atoms with Crippen LogP contribution in [0.1, 0.15) is 5.56 Å². The zero-order chi connectivity index (χ0) is 21.9. The van der Waals surface area contributed by atoms with E-state index in [2.05, 4.69) is 16.4 Å². The van der Waals surface area contributed by atoms with Gasteiger partial charge in [0, 0.05) is 23.6 Å². The fraction of sp³-hybridized carbons (Fsp3) is 0.280. The summed E-state index contributed by atoms with van der Waals surface area (Å²) in [5.74, 6) is -1.33. The Balaban J connectivity index is 1.21. The van der Waals surface area contributed by atoms with Crippen LogP contribution in [-0.2, 0) is 20.7 Å². The van der Waals surface area contributed by atoms with Crippen molar-refractivity contribution in [2.45, 2.75) is 18.1 Å². The van der Waals surface area contributed by atoms with Gasteiger partial charge in [0.25, 0.3) is 0 Å². The molecular weight excluding hydrogens is 426 g/mol. The first-order valence-corrected chi connectivity index (χ1v) is 11.2. The van der Waals surface area contributed by atoms with Crippen LogP contribution in [0.4, 0.5) is 5.69 Å². The molecule has 2 saturated heterocycles. The van der Waals surface area contributed by atoms with Gasteiger partial charge in [0.1, 0.15) is 5.60 Å². The van der Waals surface area contributed by atoms with Crippen molar-refractivity contribution in [1.29, 1.82) is 0 Å². The first kappa shape index (κ1) is 19.6. The molecule has 0 radical (unpaired) electrons. The molecular formula is C25H22ClN3O3. The molecule has 1 spiro atoms. The van der Waals surface area contributed by atoms with E-state index in [9.17, 15) is 9.59 Å². The highest BCUT2D eigenvalue weighted by atomic mass is 35.5. The summed E-state index contributed by atoms with van der Waals surface area (Å²) in [4.78, 5) is 31.7. The quantitative estimate of drug-likeness (QED) is 0.584. The zero-order valence-electron chi connectivity index (χ0n) is 17.3. The number of aromatic nitrogens is 1. The number of amides is 2. The summed E-state index contributed by atoms with van der Waals surface area (Å²) in [6.45, 7) is 1.06. The number of para-hydroxylation sites is 2. The maximum atomic E-state index is 13.4. The van der Waals surface area contributed by atoms with Gasteiger partial charge in [-0.3, -0.25) is 9.59 Å². The van der Waals surface area contributed by atoms with Gasteiger partial charge >= 0.3 is 0 Å². The summed E-state index contributed by atoms with van der Waals surface area (Å²) in [7, 11) is 0. The maximum absolute atomic E-state index is 13.4. The lowest BCUT2D eigenvalue weighted by atomic mass is 9.77. The summed E-state index contributed by atoms with van der Waals surface area (Å²) in [5, 5.41) is 4.54. The van der Waals surface area contributed by atoms with E-state index in [1.165, 1.54) is 10.9 Å². The Hall–Kier alpha value is -3.09. The van der Waals surface area contributed by atoms with Crippen LogP contribution in [0.2, 0.25) is 5.02 Å². The van der Waals surface area contributed by atoms with Crippen LogP contribution in [0, 0.1) is 11.8 Å². The molecule has 6 nitrogen and oxygen atoms in total. The Morgan fingerprint density at radius 2 is 2.03 bits per heavy atom. The number of benzene rings is 2. The monoisotopic (exact) mass is 447 g/mol. The molecule has 4 atom stereocenters. The van der Waals surface area contributed by atoms with Gasteiger partial charge in [-0.05, 0) is 30.2 Å². The number of fused-ring (bicyclic) bond motifs is 2. The van der Waals surface area contributed by atoms with E-state index in [0.29, 0.717) is 23.8 Å². The van der Waals surface area contributed by atoms with Gasteiger partial charge < -0.3 is 19.9 Å². The van der Waals surface area contributed by atoms with Gasteiger partial charge in [-0.2, -0.15) is 0 Å². The average molecular weight is 448 g/mol. The summed E-state index contributed by atoms with van der Waals surface area (Å²) in [6, 6.07) is 15.2. The number of halogens is 1. The van der Waals surface area contributed by atoms with Gasteiger partial charge in [-0.25, -0.2) is 0 Å². The topological polar surface area (TPSA) is 74.4 Å². The molecule has 2 fully saturated rings. The molecule has 0 aliphatic carbocycles. The number of hydrogen-bond acceptors (Lipinski definition) is 3. The van der Waals surface area contributed by atoms with Crippen molar-refractivity contribution in [1.82, 2.24) is 9.88 Å². The third kappa shape index (κ3) is 2.90. The third-order valence-electron chi connectivity index (χ3n) is 6.94. The van der Waals surface area contributed by atoms with Gasteiger partial charge in [-0.15, -0.1) is 0 Å². The average Bonchev–Trinajstić information content (AvgIpc) is 3.54. The molecule has 162 valence electrons. The van der Waals surface area contributed by atoms with E-state index < -0.39 is 17.4 Å². The van der Waals surface area contributed by atoms with Gasteiger partial charge in [0.15, 0.2) is 0 Å². The highest BCUT2D eigenvalue weighted by Gasteiger charge is 2.66. The molecule has 6 rings (SSSR count). The summed E-state index contributed by atoms with van der Waals surface area (Å²) in [5.41, 5.74) is 2.09. The van der Waals surface area contributed by atoms with E-state index >= 15 is 0 Å². The molecule has 2 bridgehead atoms. The van der Waals surface area contributed by atoms with Gasteiger partial charge in [-0.1, -0.05) is 54.1 Å². The molecule has 0 saturated carbocycles. The van der Waals surface area contributed by atoms with E-state index in [0.717, 1.165) is 11.9 Å². The molecule has 2 N–H and O–H groups in total. The molecule has 3 aliphatic heterocycles. The minimum absolute atomic E-state index is 0.0176. The van der Waals surface area contributed by atoms with E-state index in [1.54, 1.807) is 12.1 Å². The minimum atomic E-state index is -0.718. The second kappa shape index (κ2) is 7.22. The van der Waals surface area contributed by atoms with E-state index in [-0.39, 0.29) is 17.9 Å². The first-order chi connectivity index (χ1) is 15.6. The molecule has 2 amide bonds. The molecule has 32 heavy (non-hydrogen) atoms. The Morgan fingerprint density at radius 3 is 2.91 bits per heavy atom. The van der Waals surface area contributed by atoms with Crippen molar-refractivity contribution < 1.29 is 14.3 Å². The third-order valence-corrected chi connectivity index (χ3v) is 7.27. The summed E-state index contributed by atoms with van der Waals surface area (Å²) >= 11 is 6.21.